The Kier molecular flexibility index (Phi) is 3.23. The molecule has 1 heterocycles. The molecule has 3 rings (SSSR count). The summed E-state index contributed by atoms with van der Waals surface area (Å²) in [5.74, 6) is 0. The van der Waals surface area contributed by atoms with Crippen molar-refractivity contribution in [2.45, 2.75) is 4.90 Å². The molecule has 0 amide bonds. The van der Waals surface area contributed by atoms with Crippen molar-refractivity contribution >= 4 is 42.7 Å². The SMILES string of the molecule is O=S(=O)(Nc1ccc2ocnc2c1)c1ccc(Br)cc1. The maximum absolute atomic E-state index is 12.2. The Bertz CT molecular complexity index is 857. The third kappa shape index (κ3) is 2.54. The molecule has 7 heteroatoms. The van der Waals surface area contributed by atoms with Gasteiger partial charge in [-0.05, 0) is 42.5 Å². The topological polar surface area (TPSA) is 72.2 Å². The van der Waals surface area contributed by atoms with E-state index in [1.165, 1.54) is 18.5 Å². The molecule has 0 bridgehead atoms. The van der Waals surface area contributed by atoms with Crippen LogP contribution in [0.2, 0.25) is 0 Å². The molecule has 0 aliphatic carbocycles. The van der Waals surface area contributed by atoms with Gasteiger partial charge in [0.2, 0.25) is 0 Å². The first-order valence-electron chi connectivity index (χ1n) is 5.66. The molecule has 0 saturated carbocycles. The smallest absolute Gasteiger partial charge is 0.261 e. The van der Waals surface area contributed by atoms with Crippen LogP contribution < -0.4 is 4.72 Å². The molecule has 0 atom stereocenters. The van der Waals surface area contributed by atoms with Gasteiger partial charge in [-0.15, -0.1) is 0 Å². The number of sulfonamides is 1. The molecule has 2 aromatic carbocycles. The lowest BCUT2D eigenvalue weighted by atomic mass is 10.3. The third-order valence-electron chi connectivity index (χ3n) is 2.71. The van der Waals surface area contributed by atoms with E-state index in [2.05, 4.69) is 25.6 Å². The first-order valence-corrected chi connectivity index (χ1v) is 7.94. The summed E-state index contributed by atoms with van der Waals surface area (Å²) in [6.45, 7) is 0. The summed E-state index contributed by atoms with van der Waals surface area (Å²) in [6.07, 6.45) is 1.32. The number of fused-ring (bicyclic) bond motifs is 1. The molecule has 1 N–H and O–H groups in total. The quantitative estimate of drug-likeness (QED) is 0.783. The molecule has 5 nitrogen and oxygen atoms in total. The van der Waals surface area contributed by atoms with Gasteiger partial charge in [-0.25, -0.2) is 13.4 Å². The zero-order valence-electron chi connectivity index (χ0n) is 10.1. The van der Waals surface area contributed by atoms with Crippen LogP contribution in [-0.4, -0.2) is 13.4 Å². The van der Waals surface area contributed by atoms with Crippen molar-refractivity contribution in [2.24, 2.45) is 0 Å². The zero-order chi connectivity index (χ0) is 14.2. The highest BCUT2D eigenvalue weighted by Gasteiger charge is 2.14. The highest BCUT2D eigenvalue weighted by molar-refractivity contribution is 9.10. The summed E-state index contributed by atoms with van der Waals surface area (Å²) in [5.41, 5.74) is 1.65. The monoisotopic (exact) mass is 352 g/mol. The van der Waals surface area contributed by atoms with Crippen LogP contribution in [0.3, 0.4) is 0 Å². The standard InChI is InChI=1S/C13H9BrN2O3S/c14-9-1-4-11(5-2-9)20(17,18)16-10-3-6-13-12(7-10)15-8-19-13/h1-8,16H. The van der Waals surface area contributed by atoms with Crippen molar-refractivity contribution in [3.63, 3.8) is 0 Å². The maximum Gasteiger partial charge on any atom is 0.261 e. The second-order valence-corrected chi connectivity index (χ2v) is 6.69. The molecule has 0 fully saturated rings. The molecule has 0 saturated heterocycles. The van der Waals surface area contributed by atoms with Gasteiger partial charge in [-0.2, -0.15) is 0 Å². The first-order chi connectivity index (χ1) is 9.54. The fourth-order valence-electron chi connectivity index (χ4n) is 1.75. The van der Waals surface area contributed by atoms with Crippen molar-refractivity contribution in [3.8, 4) is 0 Å². The van der Waals surface area contributed by atoms with Gasteiger partial charge >= 0.3 is 0 Å². The van der Waals surface area contributed by atoms with Gasteiger partial charge in [0, 0.05) is 4.47 Å². The van der Waals surface area contributed by atoms with E-state index in [4.69, 9.17) is 4.42 Å². The average molecular weight is 353 g/mol. The molecule has 3 aromatic rings. The predicted octanol–water partition coefficient (Wildman–Crippen LogP) is 3.39. The number of rotatable bonds is 3. The van der Waals surface area contributed by atoms with Crippen LogP contribution in [0.15, 0.2) is 62.6 Å². The first kappa shape index (κ1) is 13.1. The molecule has 0 aliphatic heterocycles. The molecule has 0 radical (unpaired) electrons. The van der Waals surface area contributed by atoms with Crippen LogP contribution in [0.4, 0.5) is 5.69 Å². The lowest BCUT2D eigenvalue weighted by Gasteiger charge is -2.07. The summed E-state index contributed by atoms with van der Waals surface area (Å²) >= 11 is 3.27. The summed E-state index contributed by atoms with van der Waals surface area (Å²) in [5, 5.41) is 0. The Morgan fingerprint density at radius 3 is 2.60 bits per heavy atom. The zero-order valence-corrected chi connectivity index (χ0v) is 12.5. The van der Waals surface area contributed by atoms with Crippen molar-refractivity contribution in [1.82, 2.24) is 4.98 Å². The number of oxazole rings is 1. The fourth-order valence-corrected chi connectivity index (χ4v) is 3.06. The Hall–Kier alpha value is -1.86. The van der Waals surface area contributed by atoms with Gasteiger partial charge in [-0.3, -0.25) is 4.72 Å². The molecular weight excluding hydrogens is 344 g/mol. The Morgan fingerprint density at radius 1 is 1.10 bits per heavy atom. The van der Waals surface area contributed by atoms with Crippen LogP contribution in [0.1, 0.15) is 0 Å². The fraction of sp³-hybridized carbons (Fsp3) is 0. The normalized spacial score (nSPS) is 11.7. The van der Waals surface area contributed by atoms with Gasteiger partial charge in [0.25, 0.3) is 10.0 Å². The molecule has 1 aromatic heterocycles. The van der Waals surface area contributed by atoms with Gasteiger partial charge in [0.15, 0.2) is 12.0 Å². The second-order valence-electron chi connectivity index (χ2n) is 4.09. The van der Waals surface area contributed by atoms with E-state index in [9.17, 15) is 8.42 Å². The van der Waals surface area contributed by atoms with E-state index in [-0.39, 0.29) is 4.90 Å². The second kappa shape index (κ2) is 4.92. The van der Waals surface area contributed by atoms with Crippen molar-refractivity contribution in [1.29, 1.82) is 0 Å². The van der Waals surface area contributed by atoms with Gasteiger partial charge in [0.1, 0.15) is 5.52 Å². The number of halogens is 1. The minimum Gasteiger partial charge on any atom is -0.443 e. The largest absolute Gasteiger partial charge is 0.443 e. The number of hydrogen-bond donors (Lipinski definition) is 1. The van der Waals surface area contributed by atoms with E-state index in [1.54, 1.807) is 30.3 Å². The van der Waals surface area contributed by atoms with Crippen molar-refractivity contribution in [2.75, 3.05) is 4.72 Å². The number of benzene rings is 2. The van der Waals surface area contributed by atoms with Crippen LogP contribution in [0, 0.1) is 0 Å². The number of anilines is 1. The highest BCUT2D eigenvalue weighted by atomic mass is 79.9. The Morgan fingerprint density at radius 2 is 1.85 bits per heavy atom. The summed E-state index contributed by atoms with van der Waals surface area (Å²) in [6, 6.07) is 11.3. The van der Waals surface area contributed by atoms with Gasteiger partial charge in [-0.1, -0.05) is 15.9 Å². The number of nitrogens with zero attached hydrogens (tertiary/aromatic N) is 1. The minimum atomic E-state index is -3.61. The Labute approximate surface area is 123 Å². The van der Waals surface area contributed by atoms with Gasteiger partial charge in [0.05, 0.1) is 10.6 Å². The van der Waals surface area contributed by atoms with E-state index < -0.39 is 10.0 Å². The van der Waals surface area contributed by atoms with Crippen LogP contribution >= 0.6 is 15.9 Å². The van der Waals surface area contributed by atoms with Gasteiger partial charge < -0.3 is 4.42 Å². The van der Waals surface area contributed by atoms with Crippen LogP contribution in [0.25, 0.3) is 11.1 Å². The average Bonchev–Trinajstić information content (AvgIpc) is 2.86. The molecule has 0 spiro atoms. The van der Waals surface area contributed by atoms with E-state index in [1.807, 2.05) is 0 Å². The lowest BCUT2D eigenvalue weighted by Crippen LogP contribution is -2.12. The van der Waals surface area contributed by atoms with Crippen LogP contribution in [0.5, 0.6) is 0 Å². The molecule has 0 aliphatic rings. The van der Waals surface area contributed by atoms with E-state index in [0.717, 1.165) is 4.47 Å². The molecule has 0 unspecified atom stereocenters. The number of hydrogen-bond acceptors (Lipinski definition) is 4. The maximum atomic E-state index is 12.2. The minimum absolute atomic E-state index is 0.195. The summed E-state index contributed by atoms with van der Waals surface area (Å²) in [7, 11) is -3.61. The molecular formula is C13H9BrN2O3S. The van der Waals surface area contributed by atoms with Crippen molar-refractivity contribution < 1.29 is 12.8 Å². The summed E-state index contributed by atoms with van der Waals surface area (Å²) < 4.78 is 32.9. The number of aromatic nitrogens is 1. The Balaban J connectivity index is 1.94. The molecule has 20 heavy (non-hydrogen) atoms. The lowest BCUT2D eigenvalue weighted by molar-refractivity contribution is 0.600. The van der Waals surface area contributed by atoms with E-state index in [0.29, 0.717) is 16.8 Å². The van der Waals surface area contributed by atoms with Crippen molar-refractivity contribution in [3.05, 3.63) is 53.3 Å². The van der Waals surface area contributed by atoms with E-state index >= 15 is 0 Å². The molecule has 102 valence electrons. The number of nitrogens with one attached hydrogen (secondary N) is 1. The predicted molar refractivity (Wildman–Crippen MR) is 79.0 cm³/mol. The third-order valence-corrected chi connectivity index (χ3v) is 4.63. The van der Waals surface area contributed by atoms with Crippen LogP contribution in [-0.2, 0) is 10.0 Å². The summed E-state index contributed by atoms with van der Waals surface area (Å²) in [4.78, 5) is 4.18. The highest BCUT2D eigenvalue weighted by Crippen LogP contribution is 2.21.